The maximum atomic E-state index is 13.1. The van der Waals surface area contributed by atoms with Crippen LogP contribution in [0.5, 0.6) is 0 Å². The van der Waals surface area contributed by atoms with Gasteiger partial charge in [-0.2, -0.15) is 10.2 Å². The lowest BCUT2D eigenvalue weighted by molar-refractivity contribution is -0.139. The van der Waals surface area contributed by atoms with Gasteiger partial charge in [0, 0.05) is 42.6 Å². The molecular weight excluding hydrogens is 414 g/mol. The molecule has 0 spiro atoms. The van der Waals surface area contributed by atoms with Crippen molar-refractivity contribution in [3.63, 3.8) is 0 Å². The van der Waals surface area contributed by atoms with Crippen LogP contribution >= 0.6 is 11.9 Å². The van der Waals surface area contributed by atoms with Crippen molar-refractivity contribution in [3.05, 3.63) is 59.9 Å². The van der Waals surface area contributed by atoms with E-state index in [2.05, 4.69) is 15.2 Å². The molecule has 1 aliphatic rings. The van der Waals surface area contributed by atoms with Crippen LogP contribution in [0.1, 0.15) is 23.9 Å². The van der Waals surface area contributed by atoms with Gasteiger partial charge in [0.1, 0.15) is 12.0 Å². The molecule has 3 aromatic rings. The number of nitrogens with zero attached hydrogens (tertiary/aromatic N) is 6. The van der Waals surface area contributed by atoms with E-state index in [1.165, 1.54) is 22.8 Å². The van der Waals surface area contributed by atoms with Gasteiger partial charge < -0.3 is 10.0 Å². The fraction of sp³-hybridized carbons (Fsp3) is 0.368. The van der Waals surface area contributed by atoms with E-state index < -0.39 is 18.4 Å². The van der Waals surface area contributed by atoms with Crippen molar-refractivity contribution in [2.75, 3.05) is 6.61 Å². The Morgan fingerprint density at radius 1 is 1.33 bits per heavy atom. The fourth-order valence-electron chi connectivity index (χ4n) is 3.36. The number of alkyl halides is 2. The molecule has 1 N–H and O–H groups in total. The molecule has 4 heterocycles. The zero-order chi connectivity index (χ0) is 21.3. The summed E-state index contributed by atoms with van der Waals surface area (Å²) in [7, 11) is 0. The summed E-state index contributed by atoms with van der Waals surface area (Å²) < 4.78 is 27.7. The van der Waals surface area contributed by atoms with Crippen LogP contribution in [0.2, 0.25) is 0 Å². The van der Waals surface area contributed by atoms with Crippen molar-refractivity contribution in [3.8, 4) is 0 Å². The highest BCUT2D eigenvalue weighted by molar-refractivity contribution is 7.97. The SMILES string of the molecule is CC(CO)(C(=O)N1Cc2cn(Sc3cnn(CC(F)F)c3)nc2C1)c1ccccn1. The van der Waals surface area contributed by atoms with Gasteiger partial charge in [-0.05, 0) is 19.1 Å². The number of amides is 1. The number of fused-ring (bicyclic) bond motifs is 1. The Kier molecular flexibility index (Phi) is 5.56. The number of aliphatic hydroxyl groups excluding tert-OH is 1. The molecule has 1 atom stereocenters. The first kappa shape index (κ1) is 20.5. The third-order valence-corrected chi connectivity index (χ3v) is 5.79. The van der Waals surface area contributed by atoms with Crippen LogP contribution in [0.25, 0.3) is 0 Å². The van der Waals surface area contributed by atoms with Crippen LogP contribution in [-0.2, 0) is 29.8 Å². The van der Waals surface area contributed by atoms with E-state index >= 15 is 0 Å². The second-order valence-corrected chi connectivity index (χ2v) is 8.28. The van der Waals surface area contributed by atoms with Gasteiger partial charge in [0.05, 0.1) is 35.6 Å². The van der Waals surface area contributed by atoms with Gasteiger partial charge in [-0.25, -0.2) is 12.9 Å². The molecule has 1 amide bonds. The Morgan fingerprint density at radius 2 is 2.17 bits per heavy atom. The molecule has 1 unspecified atom stereocenters. The number of hydrogen-bond donors (Lipinski definition) is 1. The van der Waals surface area contributed by atoms with Crippen LogP contribution in [0.15, 0.2) is 47.9 Å². The molecule has 1 aliphatic heterocycles. The van der Waals surface area contributed by atoms with Gasteiger partial charge in [0.25, 0.3) is 6.43 Å². The first-order valence-corrected chi connectivity index (χ1v) is 10.0. The Bertz CT molecular complexity index is 1020. The summed E-state index contributed by atoms with van der Waals surface area (Å²) in [6.45, 7) is 1.58. The summed E-state index contributed by atoms with van der Waals surface area (Å²) in [5, 5.41) is 18.3. The number of carbonyl (C=O) groups excluding carboxylic acids is 1. The average molecular weight is 434 g/mol. The van der Waals surface area contributed by atoms with Crippen molar-refractivity contribution in [1.29, 1.82) is 0 Å². The number of aromatic nitrogens is 5. The summed E-state index contributed by atoms with van der Waals surface area (Å²) in [6, 6.07) is 5.27. The maximum Gasteiger partial charge on any atom is 0.257 e. The third-order valence-electron chi connectivity index (χ3n) is 5.00. The second-order valence-electron chi connectivity index (χ2n) is 7.25. The van der Waals surface area contributed by atoms with Crippen LogP contribution < -0.4 is 0 Å². The number of halogens is 2. The Balaban J connectivity index is 1.44. The smallest absolute Gasteiger partial charge is 0.257 e. The molecule has 0 saturated heterocycles. The van der Waals surface area contributed by atoms with Crippen molar-refractivity contribution in [1.82, 2.24) is 28.9 Å². The largest absolute Gasteiger partial charge is 0.395 e. The molecule has 4 rings (SSSR count). The fourth-order valence-corrected chi connectivity index (χ4v) is 4.15. The molecule has 0 aromatic carbocycles. The minimum Gasteiger partial charge on any atom is -0.395 e. The first-order valence-electron chi connectivity index (χ1n) is 9.27. The Morgan fingerprint density at radius 3 is 2.83 bits per heavy atom. The van der Waals surface area contributed by atoms with E-state index in [9.17, 15) is 18.7 Å². The maximum absolute atomic E-state index is 13.1. The van der Waals surface area contributed by atoms with Crippen molar-refractivity contribution < 1.29 is 18.7 Å². The number of aliphatic hydroxyl groups is 1. The molecule has 0 saturated carbocycles. The molecule has 8 nitrogen and oxygen atoms in total. The zero-order valence-electron chi connectivity index (χ0n) is 16.2. The van der Waals surface area contributed by atoms with Gasteiger partial charge in [0.2, 0.25) is 5.91 Å². The van der Waals surface area contributed by atoms with Crippen molar-refractivity contribution in [2.45, 2.75) is 43.3 Å². The monoisotopic (exact) mass is 434 g/mol. The predicted molar refractivity (Wildman–Crippen MR) is 105 cm³/mol. The molecule has 0 radical (unpaired) electrons. The summed E-state index contributed by atoms with van der Waals surface area (Å²) in [4.78, 5) is 19.7. The molecule has 0 fully saturated rings. The highest BCUT2D eigenvalue weighted by Crippen LogP contribution is 2.31. The van der Waals surface area contributed by atoms with E-state index in [1.54, 1.807) is 46.5 Å². The molecule has 0 bridgehead atoms. The molecular formula is C19H20F2N6O2S. The molecule has 3 aromatic heterocycles. The van der Waals surface area contributed by atoms with Crippen LogP contribution in [0.3, 0.4) is 0 Å². The van der Waals surface area contributed by atoms with Gasteiger partial charge in [-0.1, -0.05) is 6.07 Å². The lowest BCUT2D eigenvalue weighted by Gasteiger charge is -2.30. The summed E-state index contributed by atoms with van der Waals surface area (Å²) >= 11 is 1.26. The van der Waals surface area contributed by atoms with Gasteiger partial charge in [-0.3, -0.25) is 14.5 Å². The van der Waals surface area contributed by atoms with Crippen LogP contribution in [0.4, 0.5) is 8.78 Å². The topological polar surface area (TPSA) is 89.1 Å². The zero-order valence-corrected chi connectivity index (χ0v) is 17.0. The Hall–Kier alpha value is -2.79. The Labute approximate surface area is 175 Å². The van der Waals surface area contributed by atoms with Gasteiger partial charge >= 0.3 is 0 Å². The first-order chi connectivity index (χ1) is 14.4. The number of rotatable bonds is 7. The predicted octanol–water partition coefficient (Wildman–Crippen LogP) is 2.09. The van der Waals surface area contributed by atoms with E-state index in [0.717, 1.165) is 11.3 Å². The minimum atomic E-state index is -2.46. The minimum absolute atomic E-state index is 0.214. The summed E-state index contributed by atoms with van der Waals surface area (Å²) in [6.07, 6.45) is 4.00. The highest BCUT2D eigenvalue weighted by Gasteiger charge is 2.41. The van der Waals surface area contributed by atoms with Crippen LogP contribution in [0, 0.1) is 0 Å². The average Bonchev–Trinajstić information content (AvgIpc) is 3.42. The molecule has 158 valence electrons. The van der Waals surface area contributed by atoms with E-state index in [-0.39, 0.29) is 12.5 Å². The molecule has 30 heavy (non-hydrogen) atoms. The molecule has 11 heteroatoms. The standard InChI is InChI=1S/C19H20F2N6O2S/c1-19(12-28,16-4-2-3-5-22-16)18(29)25-7-13-8-27(24-15(13)10-25)30-14-6-23-26(9-14)11-17(20)21/h2-6,8-9,17,28H,7,10-12H2,1H3. The van der Waals surface area contributed by atoms with Gasteiger partial charge in [0.15, 0.2) is 0 Å². The van der Waals surface area contributed by atoms with E-state index in [1.807, 2.05) is 6.20 Å². The molecule has 0 aliphatic carbocycles. The van der Waals surface area contributed by atoms with Crippen molar-refractivity contribution in [2.24, 2.45) is 0 Å². The van der Waals surface area contributed by atoms with Crippen molar-refractivity contribution >= 4 is 17.9 Å². The summed E-state index contributed by atoms with van der Waals surface area (Å²) in [5.41, 5.74) is 1.05. The van der Waals surface area contributed by atoms with Gasteiger partial charge in [-0.15, -0.1) is 0 Å². The lowest BCUT2D eigenvalue weighted by Crippen LogP contribution is -2.46. The van der Waals surface area contributed by atoms with Crippen LogP contribution in [-0.4, -0.2) is 52.9 Å². The number of pyridine rings is 1. The normalized spacial score (nSPS) is 15.4. The number of carbonyl (C=O) groups is 1. The quantitative estimate of drug-likeness (QED) is 0.613. The lowest BCUT2D eigenvalue weighted by atomic mass is 9.85. The van der Waals surface area contributed by atoms with E-state index in [0.29, 0.717) is 23.7 Å². The number of hydrogen-bond acceptors (Lipinski definition) is 6. The highest BCUT2D eigenvalue weighted by atomic mass is 32.2. The third kappa shape index (κ3) is 3.94. The van der Waals surface area contributed by atoms with E-state index in [4.69, 9.17) is 0 Å². The summed E-state index contributed by atoms with van der Waals surface area (Å²) in [5.74, 6) is -0.214. The second kappa shape index (κ2) is 8.15.